The van der Waals surface area contributed by atoms with Crippen molar-refractivity contribution in [2.75, 3.05) is 46.0 Å². The summed E-state index contributed by atoms with van der Waals surface area (Å²) < 4.78 is 39.4. The second-order valence-electron chi connectivity index (χ2n) is 30.1. The Kier molecular flexibility index (Phi) is 43.1. The summed E-state index contributed by atoms with van der Waals surface area (Å²) in [5.41, 5.74) is 25.4. The van der Waals surface area contributed by atoms with Gasteiger partial charge in [0.15, 0.2) is 32.8 Å². The van der Waals surface area contributed by atoms with Crippen LogP contribution >= 0.6 is 101 Å². The van der Waals surface area contributed by atoms with Crippen LogP contribution in [-0.4, -0.2) is 145 Å². The zero-order valence-corrected chi connectivity index (χ0v) is 89.7. The van der Waals surface area contributed by atoms with Gasteiger partial charge in [0.1, 0.15) is 65.3 Å². The molecule has 0 atom stereocenters. The minimum atomic E-state index is -0.494. The number of anilines is 1. The Balaban J connectivity index is 0.000000204. The second-order valence-corrected chi connectivity index (χ2v) is 37.0. The Hall–Kier alpha value is -13.7. The Labute approximate surface area is 869 Å². The van der Waals surface area contributed by atoms with Crippen LogP contribution in [0, 0.1) is 18.0 Å². The van der Waals surface area contributed by atoms with Gasteiger partial charge < -0.3 is 57.3 Å². The van der Waals surface area contributed by atoms with E-state index in [1.54, 1.807) is 111 Å². The molecule has 0 unspecified atom stereocenters. The number of esters is 3. The second kappa shape index (κ2) is 54.8. The topological polar surface area (TPSA) is 395 Å². The summed E-state index contributed by atoms with van der Waals surface area (Å²) in [6.07, 6.45) is 8.07. The number of carbonyl (C=O) groups is 5. The van der Waals surface area contributed by atoms with Crippen LogP contribution < -0.4 is 25.5 Å². The molecule has 39 heteroatoms. The molecule has 0 bridgehead atoms. The third kappa shape index (κ3) is 28.8. The maximum absolute atomic E-state index is 13.2. The Morgan fingerprint density at radius 2 is 0.943 bits per heavy atom. The fourth-order valence-corrected chi connectivity index (χ4v) is 20.3. The summed E-state index contributed by atoms with van der Waals surface area (Å²) in [5, 5.41) is 16.6. The zero-order valence-electron chi connectivity index (χ0n) is 78.6. The van der Waals surface area contributed by atoms with Crippen LogP contribution in [0.5, 0.6) is 11.5 Å². The molecule has 6 N–H and O–H groups in total. The molecule has 12 heterocycles. The number of fused-ring (bicyclic) bond motifs is 9. The number of amides is 1. The summed E-state index contributed by atoms with van der Waals surface area (Å²) in [5.74, 6) is 1.03. The van der Waals surface area contributed by atoms with E-state index in [-0.39, 0.29) is 78.7 Å². The van der Waals surface area contributed by atoms with Gasteiger partial charge in [0.25, 0.3) is 11.1 Å². The molecule has 141 heavy (non-hydrogen) atoms. The van der Waals surface area contributed by atoms with Crippen molar-refractivity contribution in [1.29, 1.82) is 11.1 Å². The number of alkyl halides is 1. The normalized spacial score (nSPS) is 10.4. The number of rotatable bonds is 22. The molecule has 0 fully saturated rings. The van der Waals surface area contributed by atoms with Gasteiger partial charge in [-0.3, -0.25) is 19.2 Å². The molecule has 12 aromatic heterocycles. The fourth-order valence-electron chi connectivity index (χ4n) is 14.2. The van der Waals surface area contributed by atoms with Gasteiger partial charge >= 0.3 is 17.9 Å². The van der Waals surface area contributed by atoms with Gasteiger partial charge in [-0.25, -0.2) is 60.1 Å². The quantitative estimate of drug-likeness (QED) is 0.00931. The van der Waals surface area contributed by atoms with Crippen LogP contribution in [0.25, 0.3) is 73.5 Å². The molecular weight excluding hydrogens is 2090 g/mol. The number of carbonyl (C=O) groups excluding carboxylic acids is 5. The van der Waals surface area contributed by atoms with Gasteiger partial charge in [-0.15, -0.1) is 97.4 Å². The third-order valence-corrected chi connectivity index (χ3v) is 26.8. The van der Waals surface area contributed by atoms with Crippen molar-refractivity contribution >= 4 is 211 Å². The standard InChI is InChI=1S/C23H20N4O2S.C17H16N2O3S.C16H16N2O2S.C15H12N4OS.C8H7BrN2O2S.C8H9ClO.C8H9NO.C7H7.BrH.H2N2.H2O.Zn.H2/c1-26-20-18(21-22(26)25-19(30-21)12-15-7-4-3-5-8-15)13-24-27(23(20)28)14-16-9-6-10-17(11-16)29-2;1-3-22-17(21)14-12(10-20)15-16(19(14)2)18-13(23-15)9-11-7-5-4-6-8-11;1-3-20-16(19)12-10-13-15(18(12)2)17-14(21-13)9-11-7-5-4-6-8-11;1-19-12-10(8-16-18-15(12)20)13-14(19)17-11(21-13)7-9-5-3-2-4-6-9;1-2-13-7(12)4-3-5-6(10-4)11-8(9)14-5;1-10-8-4-2-3-7(5-8)6-9;1-9(7-10)8-5-3-2-4-6-8;1-7-5-3-2-4-6-7;;1-2;;;/h3-11,13H,12,14H2,1-2H3;4-8,10H,3,9H2,1-2H3;4-8,10H,3,9H2,1-2H3;2-6,8H,7H2,1H3,(H,18,20);3,10H,2H2,1H3;2-5H,6H2,1H3;2-7H,1H3;2-6H,1H2;1H;1-2H;1H2;;1H/q;;;;;;;-1;;;;;. The number of halogens is 3. The number of thiazole rings is 5. The molecule has 1 amide bonds. The number of para-hydroxylation sites is 1. The molecule has 30 nitrogen and oxygen atoms in total. The van der Waals surface area contributed by atoms with Crippen molar-refractivity contribution in [3.63, 3.8) is 0 Å². The molecule has 8 aromatic carbocycles. The number of nitrogens with zero attached hydrogens (tertiary/aromatic N) is 13. The molecule has 0 aliphatic rings. The van der Waals surface area contributed by atoms with Crippen LogP contribution in [0.2, 0.25) is 0 Å². The number of benzene rings is 8. The average Bonchev–Trinajstić information content (AvgIpc) is 1.61. The van der Waals surface area contributed by atoms with Gasteiger partial charge in [-0.05, 0) is 119 Å². The van der Waals surface area contributed by atoms with E-state index in [1.807, 2.05) is 230 Å². The first-order valence-corrected chi connectivity index (χ1v) is 48.5. The van der Waals surface area contributed by atoms with E-state index in [0.29, 0.717) is 77.6 Å². The first-order chi connectivity index (χ1) is 67.0. The SMILES string of the molecule is Br.CCOC(=O)c1c(C=O)c2sc(Cc3ccccc3)nc2n1C.CCOC(=O)c1cc2sc(Br)nc2[nH]1.CCOC(=O)c1cc2sc(Cc3ccccc3)nc2n1C.CN(C=O)c1ccccc1.COc1cccc(CCl)c1.COc1cccc(Cn2ncc3c4sc(Cc5ccccc5)nc4n(C)c3c2=O)c1.Cn1c2nc(Cc3ccccc3)sc2c2cn[nH]c(=O)c21.N=N.O.[CH2-]c1ccccc1.[HH].[Zn]. The molecule has 20 aromatic rings. The minimum absolute atomic E-state index is 0. The summed E-state index contributed by atoms with van der Waals surface area (Å²) in [4.78, 5) is 109. The number of nitrogens with one attached hydrogen (secondary N) is 4. The number of hydrogen-bond acceptors (Lipinski definition) is 26. The predicted molar refractivity (Wildman–Crippen MR) is 570 cm³/mol. The summed E-state index contributed by atoms with van der Waals surface area (Å²) in [6.45, 7) is 10.4. The van der Waals surface area contributed by atoms with Crippen LogP contribution in [-0.2, 0) is 105 Å². The van der Waals surface area contributed by atoms with Gasteiger partial charge in [-0.2, -0.15) is 34.8 Å². The minimum Gasteiger partial charge on any atom is -0.497 e. The van der Waals surface area contributed by atoms with Gasteiger partial charge in [0.05, 0.1) is 82.0 Å². The predicted octanol–water partition coefficient (Wildman–Crippen LogP) is 21.8. The number of aromatic nitrogens is 14. The molecule has 0 aliphatic heterocycles. The van der Waals surface area contributed by atoms with Crippen molar-refractivity contribution in [2.24, 2.45) is 28.2 Å². The zero-order chi connectivity index (χ0) is 98.3. The van der Waals surface area contributed by atoms with E-state index in [0.717, 1.165) is 140 Å². The van der Waals surface area contributed by atoms with Crippen molar-refractivity contribution in [3.05, 3.63) is 368 Å². The molecule has 728 valence electrons. The first kappa shape index (κ1) is 111. The summed E-state index contributed by atoms with van der Waals surface area (Å²) in [6, 6.07) is 79.2. The van der Waals surface area contributed by atoms with E-state index in [4.69, 9.17) is 51.3 Å². The average molecular weight is 2200 g/mol. The van der Waals surface area contributed by atoms with Crippen molar-refractivity contribution in [3.8, 4) is 11.5 Å². The number of aromatic amines is 2. The van der Waals surface area contributed by atoms with E-state index in [1.165, 1.54) is 48.9 Å². The van der Waals surface area contributed by atoms with Crippen molar-refractivity contribution in [2.45, 2.75) is 58.9 Å². The van der Waals surface area contributed by atoms with E-state index in [9.17, 15) is 33.6 Å². The largest absolute Gasteiger partial charge is 0.497 e. The monoisotopic (exact) mass is 2190 g/mol. The van der Waals surface area contributed by atoms with Crippen LogP contribution in [0.4, 0.5) is 5.69 Å². The van der Waals surface area contributed by atoms with Gasteiger partial charge in [-0.1, -0.05) is 170 Å². The smallest absolute Gasteiger partial charge is 0.355 e. The molecule has 0 saturated heterocycles. The number of ether oxygens (including phenoxy) is 5. The Morgan fingerprint density at radius 3 is 1.40 bits per heavy atom. The van der Waals surface area contributed by atoms with Crippen LogP contribution in [0.15, 0.2) is 269 Å². The van der Waals surface area contributed by atoms with Crippen molar-refractivity contribution in [1.82, 2.24) is 68.2 Å². The number of methoxy groups -OCH3 is 2. The Morgan fingerprint density at radius 1 is 0.511 bits per heavy atom. The molecule has 0 radical (unpaired) electrons. The molecule has 20 rings (SSSR count). The fraction of sp³-hybridized carbons (Fsp3) is 0.186. The molecule has 0 aliphatic carbocycles. The first-order valence-electron chi connectivity index (χ1n) is 43.1. The number of aldehydes is 1. The number of hydrogen-bond donors (Lipinski definition) is 4. The van der Waals surface area contributed by atoms with Crippen LogP contribution in [0.1, 0.15) is 123 Å². The maximum atomic E-state index is 13.2. The van der Waals surface area contributed by atoms with Crippen molar-refractivity contribution < 1.29 is 74.0 Å². The molecular formula is C102H103Br2ClN17O13S5Zn-. The van der Waals surface area contributed by atoms with E-state index >= 15 is 0 Å². The maximum Gasteiger partial charge on any atom is 0.355 e. The summed E-state index contributed by atoms with van der Waals surface area (Å²) in [7, 11) is 12.3. The van der Waals surface area contributed by atoms with E-state index in [2.05, 4.69) is 99.5 Å². The van der Waals surface area contributed by atoms with Gasteiger partial charge in [0, 0.05) is 104 Å². The number of aryl methyl sites for hydroxylation is 4. The summed E-state index contributed by atoms with van der Waals surface area (Å²) >= 11 is 16.7. The molecule has 0 saturated carbocycles. The molecule has 0 spiro atoms. The van der Waals surface area contributed by atoms with Crippen LogP contribution in [0.3, 0.4) is 0 Å². The van der Waals surface area contributed by atoms with Gasteiger partial charge in [0.2, 0.25) is 6.41 Å². The van der Waals surface area contributed by atoms with E-state index < -0.39 is 5.97 Å². The number of H-pyrrole nitrogens is 2. The third-order valence-electron chi connectivity index (χ3n) is 20.8. The Bertz CT molecular complexity index is 7560.